The molecule has 2 fully saturated rings. The third-order valence-electron chi connectivity index (χ3n) is 11.8. The maximum atomic E-state index is 13.7. The molecule has 15 atom stereocenters. The second kappa shape index (κ2) is 18.5. The minimum atomic E-state index is -1.76. The van der Waals surface area contributed by atoms with E-state index < -0.39 is 90.7 Å². The number of Topliss-reactive ketones (excluding diaryl/α,β-unsaturated/α-hetero) is 1. The van der Waals surface area contributed by atoms with Gasteiger partial charge in [-0.15, -0.1) is 0 Å². The second-order valence-corrected chi connectivity index (χ2v) is 16.5. The minimum absolute atomic E-state index is 0.00982. The van der Waals surface area contributed by atoms with Gasteiger partial charge in [0.05, 0.1) is 30.8 Å². The number of allylic oxidation sites excluding steroid dienone is 1. The molecular formula is C41H65NO12. The number of hydrogen-bond donors (Lipinski definition) is 4. The highest BCUT2D eigenvalue weighted by Gasteiger charge is 2.59. The molecule has 2 saturated heterocycles. The Bertz CT molecular complexity index is 1410. The van der Waals surface area contributed by atoms with E-state index in [2.05, 4.69) is 6.08 Å². The maximum Gasteiger partial charge on any atom is 0.404 e. The SMILES string of the molecule is CCC(=O)[C@]1(C)O[C@H]1[C@H](C)C[C@@H](C)[C@@H](O)[C@H](C)[C@H]1OC(=O)C[C@@]2(O)CC=C(C)[C@H](O2)C(C)=CCCC[C@@H](O[C@H]2C[C@@H](OC(N)=O)[C@H](O)[C@@H](C)O2)C=C[C@@H]1C. The summed E-state index contributed by atoms with van der Waals surface area (Å²) in [5, 5.41) is 33.8. The van der Waals surface area contributed by atoms with Gasteiger partial charge >= 0.3 is 12.1 Å². The van der Waals surface area contributed by atoms with Crippen LogP contribution in [-0.2, 0) is 38.0 Å². The van der Waals surface area contributed by atoms with Crippen molar-refractivity contribution in [1.29, 1.82) is 0 Å². The first-order valence-corrected chi connectivity index (χ1v) is 19.7. The van der Waals surface area contributed by atoms with Crippen LogP contribution in [0.5, 0.6) is 0 Å². The lowest BCUT2D eigenvalue weighted by molar-refractivity contribution is -0.254. The summed E-state index contributed by atoms with van der Waals surface area (Å²) in [6, 6.07) is 0. The Hall–Kier alpha value is -2.65. The van der Waals surface area contributed by atoms with Crippen molar-refractivity contribution in [3.8, 4) is 0 Å². The van der Waals surface area contributed by atoms with Crippen LogP contribution < -0.4 is 5.73 Å². The molecule has 13 heteroatoms. The highest BCUT2D eigenvalue weighted by atomic mass is 16.7. The van der Waals surface area contributed by atoms with E-state index in [-0.39, 0.29) is 36.6 Å². The molecule has 0 aliphatic carbocycles. The third-order valence-corrected chi connectivity index (χ3v) is 11.8. The second-order valence-electron chi connectivity index (χ2n) is 16.5. The van der Waals surface area contributed by atoms with E-state index in [4.69, 9.17) is 34.2 Å². The van der Waals surface area contributed by atoms with Crippen molar-refractivity contribution in [3.05, 3.63) is 35.5 Å². The summed E-state index contributed by atoms with van der Waals surface area (Å²) in [6.45, 7) is 16.9. The molecule has 0 saturated carbocycles. The molecule has 0 aromatic heterocycles. The maximum absolute atomic E-state index is 13.7. The predicted octanol–water partition coefficient (Wildman–Crippen LogP) is 5.18. The summed E-state index contributed by atoms with van der Waals surface area (Å²) in [5.41, 5.74) is 6.31. The molecule has 0 unspecified atom stereocenters. The standard InChI is InChI=1S/C41H65NO12/c1-10-31(43)40(9)38(54-40)26(6)19-25(5)34(45)27(7)37-23(3)15-16-29(50-33-20-30(51-39(42)47)35(46)28(8)49-33)14-12-11-13-22(2)36-24(4)17-18-41(48,53-36)21-32(44)52-37/h13,15-17,23,25-30,33-38,45-46,48H,10-12,14,18-21H2,1-9H3,(H2,42,47)/t23-,25+,26+,27-,28+,29+,30+,33-,34+,35+,36+,37-,38-,40-,41+/m0/s1. The molecule has 4 heterocycles. The summed E-state index contributed by atoms with van der Waals surface area (Å²) in [5.74, 6) is -3.50. The van der Waals surface area contributed by atoms with Crippen molar-refractivity contribution < 1.29 is 58.1 Å². The zero-order chi connectivity index (χ0) is 40.1. The number of epoxide rings is 1. The number of primary amides is 1. The van der Waals surface area contributed by atoms with E-state index >= 15 is 0 Å². The lowest BCUT2D eigenvalue weighted by atomic mass is 9.79. The molecule has 54 heavy (non-hydrogen) atoms. The fourth-order valence-corrected chi connectivity index (χ4v) is 8.42. The van der Waals surface area contributed by atoms with Crippen LogP contribution in [0.4, 0.5) is 4.79 Å². The number of fused-ring (bicyclic) bond motifs is 2. The number of amides is 1. The molecule has 13 nitrogen and oxygen atoms in total. The topological polar surface area (TPSA) is 197 Å². The summed E-state index contributed by atoms with van der Waals surface area (Å²) in [6.07, 6.45) is 3.24. The van der Waals surface area contributed by atoms with Crippen molar-refractivity contribution in [2.24, 2.45) is 29.4 Å². The Kier molecular flexibility index (Phi) is 15.1. The molecule has 2 bridgehead atoms. The van der Waals surface area contributed by atoms with Crippen molar-refractivity contribution in [3.63, 3.8) is 0 Å². The summed E-state index contributed by atoms with van der Waals surface area (Å²) in [4.78, 5) is 37.7. The zero-order valence-corrected chi connectivity index (χ0v) is 33.6. The molecule has 4 aliphatic heterocycles. The van der Waals surface area contributed by atoms with Crippen LogP contribution in [0.15, 0.2) is 35.5 Å². The van der Waals surface area contributed by atoms with Crippen LogP contribution in [0.3, 0.4) is 0 Å². The summed E-state index contributed by atoms with van der Waals surface area (Å²) in [7, 11) is 0. The number of esters is 1. The van der Waals surface area contributed by atoms with Crippen LogP contribution in [0.25, 0.3) is 0 Å². The minimum Gasteiger partial charge on any atom is -0.461 e. The first kappa shape index (κ1) is 44.1. The van der Waals surface area contributed by atoms with Gasteiger partial charge in [-0.1, -0.05) is 58.9 Å². The molecule has 0 aromatic carbocycles. The van der Waals surface area contributed by atoms with E-state index in [1.54, 1.807) is 6.92 Å². The number of cyclic esters (lactones) is 1. The van der Waals surface area contributed by atoms with Gasteiger partial charge < -0.3 is 49.5 Å². The Labute approximate surface area is 320 Å². The number of rotatable bonds is 11. The van der Waals surface area contributed by atoms with Crippen molar-refractivity contribution in [1.82, 2.24) is 0 Å². The lowest BCUT2D eigenvalue weighted by Gasteiger charge is -2.38. The van der Waals surface area contributed by atoms with Crippen LogP contribution >= 0.6 is 0 Å². The van der Waals surface area contributed by atoms with Crippen molar-refractivity contribution >= 4 is 17.8 Å². The number of aliphatic hydroxyl groups excluding tert-OH is 2. The first-order chi connectivity index (χ1) is 25.3. The highest BCUT2D eigenvalue weighted by molar-refractivity contribution is 5.89. The Morgan fingerprint density at radius 1 is 1.09 bits per heavy atom. The van der Waals surface area contributed by atoms with Crippen LogP contribution in [-0.4, -0.2) is 99.7 Å². The van der Waals surface area contributed by atoms with E-state index in [1.165, 1.54) is 0 Å². The van der Waals surface area contributed by atoms with E-state index in [1.807, 2.05) is 73.6 Å². The number of hydrogen-bond acceptors (Lipinski definition) is 12. The molecule has 0 spiro atoms. The Balaban J connectivity index is 1.58. The van der Waals surface area contributed by atoms with Gasteiger partial charge in [-0.2, -0.15) is 0 Å². The molecule has 306 valence electrons. The molecule has 0 radical (unpaired) electrons. The average Bonchev–Trinajstić information content (AvgIpc) is 3.81. The fraction of sp³-hybridized carbons (Fsp3) is 0.780. The van der Waals surface area contributed by atoms with E-state index in [0.717, 1.165) is 17.6 Å². The number of carbonyl (C=O) groups is 3. The van der Waals surface area contributed by atoms with Gasteiger partial charge in [0, 0.05) is 31.1 Å². The lowest BCUT2D eigenvalue weighted by Crippen LogP contribution is -2.50. The molecule has 5 N–H and O–H groups in total. The van der Waals surface area contributed by atoms with Gasteiger partial charge in [0.2, 0.25) is 0 Å². The fourth-order valence-electron chi connectivity index (χ4n) is 8.42. The number of aliphatic hydroxyl groups is 3. The third kappa shape index (κ3) is 11.0. The van der Waals surface area contributed by atoms with Gasteiger partial charge in [-0.3, -0.25) is 9.59 Å². The van der Waals surface area contributed by atoms with Crippen LogP contribution in [0.2, 0.25) is 0 Å². The number of ether oxygens (including phenoxy) is 6. The van der Waals surface area contributed by atoms with Crippen LogP contribution in [0, 0.1) is 23.7 Å². The van der Waals surface area contributed by atoms with Gasteiger partial charge in [-0.25, -0.2) is 4.79 Å². The molecule has 1 amide bonds. The van der Waals surface area contributed by atoms with Crippen LogP contribution in [0.1, 0.15) is 114 Å². The van der Waals surface area contributed by atoms with Crippen molar-refractivity contribution in [2.45, 2.75) is 180 Å². The first-order valence-electron chi connectivity index (χ1n) is 19.7. The smallest absolute Gasteiger partial charge is 0.404 e. The van der Waals surface area contributed by atoms with Gasteiger partial charge in [-0.05, 0) is 76.4 Å². The predicted molar refractivity (Wildman–Crippen MR) is 200 cm³/mol. The van der Waals surface area contributed by atoms with E-state index in [0.29, 0.717) is 25.7 Å². The van der Waals surface area contributed by atoms with Gasteiger partial charge in [0.1, 0.15) is 24.4 Å². The quantitative estimate of drug-likeness (QED) is 0.123. The molecule has 4 aliphatic rings. The molecular weight excluding hydrogens is 698 g/mol. The normalized spacial score (nSPS) is 38.9. The number of nitrogens with two attached hydrogens (primary N) is 1. The Morgan fingerprint density at radius 2 is 1.78 bits per heavy atom. The monoisotopic (exact) mass is 763 g/mol. The number of ketones is 1. The Morgan fingerprint density at radius 3 is 2.44 bits per heavy atom. The summed E-state index contributed by atoms with van der Waals surface area (Å²) >= 11 is 0. The van der Waals surface area contributed by atoms with E-state index in [9.17, 15) is 29.7 Å². The summed E-state index contributed by atoms with van der Waals surface area (Å²) < 4.78 is 35.7. The largest absolute Gasteiger partial charge is 0.461 e. The van der Waals surface area contributed by atoms with Gasteiger partial charge in [0.15, 0.2) is 23.5 Å². The number of carbonyl (C=O) groups excluding carboxylic acids is 3. The molecule has 4 rings (SSSR count). The van der Waals surface area contributed by atoms with Gasteiger partial charge in [0.25, 0.3) is 0 Å². The van der Waals surface area contributed by atoms with Crippen molar-refractivity contribution in [2.75, 3.05) is 0 Å². The zero-order valence-electron chi connectivity index (χ0n) is 33.6. The average molecular weight is 764 g/mol. The highest BCUT2D eigenvalue weighted by Crippen LogP contribution is 2.45. The molecule has 0 aromatic rings.